The van der Waals surface area contributed by atoms with Crippen LogP contribution in [0.15, 0.2) is 50.9 Å². The van der Waals surface area contributed by atoms with Crippen molar-refractivity contribution in [3.8, 4) is 17.4 Å². The molecule has 0 saturated heterocycles. The van der Waals surface area contributed by atoms with E-state index >= 15 is 0 Å². The number of hydrogen-bond donors (Lipinski definition) is 2. The summed E-state index contributed by atoms with van der Waals surface area (Å²) in [5.74, 6) is 0.343. The molecule has 0 aliphatic heterocycles. The van der Waals surface area contributed by atoms with E-state index in [1.54, 1.807) is 43.3 Å². The van der Waals surface area contributed by atoms with Gasteiger partial charge in [-0.05, 0) is 43.0 Å². The lowest BCUT2D eigenvalue weighted by molar-refractivity contribution is -0.131. The first-order valence-electron chi connectivity index (χ1n) is 7.18. The molecule has 0 atom stereocenters. The zero-order valence-corrected chi connectivity index (χ0v) is 13.9. The first-order valence-corrected chi connectivity index (χ1v) is 7.99. The average Bonchev–Trinajstić information content (AvgIpc) is 3.23. The highest BCUT2D eigenvalue weighted by molar-refractivity contribution is 8.04. The lowest BCUT2D eigenvalue weighted by Gasteiger charge is -2.00. The van der Waals surface area contributed by atoms with Gasteiger partial charge in [-0.3, -0.25) is 5.10 Å². The van der Waals surface area contributed by atoms with Crippen LogP contribution in [-0.4, -0.2) is 26.3 Å². The van der Waals surface area contributed by atoms with Gasteiger partial charge in [0.1, 0.15) is 22.3 Å². The number of aromatic amines is 1. The lowest BCUT2D eigenvalue weighted by Crippen LogP contribution is -1.97. The summed E-state index contributed by atoms with van der Waals surface area (Å²) in [6, 6.07) is 12.5. The van der Waals surface area contributed by atoms with Crippen molar-refractivity contribution in [1.82, 2.24) is 15.2 Å². The largest absolute Gasteiger partial charge is 0.477 e. The third-order valence-electron chi connectivity index (χ3n) is 3.20. The Balaban J connectivity index is 1.90. The van der Waals surface area contributed by atoms with Gasteiger partial charge in [0.2, 0.25) is 5.16 Å². The first kappa shape index (κ1) is 16.5. The zero-order valence-electron chi connectivity index (χ0n) is 13.1. The van der Waals surface area contributed by atoms with E-state index in [1.165, 1.54) is 6.08 Å². The van der Waals surface area contributed by atoms with Crippen LogP contribution in [0.2, 0.25) is 0 Å². The van der Waals surface area contributed by atoms with Crippen LogP contribution in [-0.2, 0) is 4.79 Å². The number of nitriles is 1. The van der Waals surface area contributed by atoms with Gasteiger partial charge in [0.05, 0.1) is 11.6 Å². The second-order valence-electron chi connectivity index (χ2n) is 4.98. The van der Waals surface area contributed by atoms with E-state index in [9.17, 15) is 9.90 Å². The number of thioether (sulfide) groups is 1. The molecule has 3 aromatic rings. The molecule has 7 nitrogen and oxygen atoms in total. The molecule has 0 unspecified atom stereocenters. The van der Waals surface area contributed by atoms with Crippen molar-refractivity contribution < 1.29 is 14.3 Å². The van der Waals surface area contributed by atoms with Crippen LogP contribution >= 0.6 is 11.8 Å². The number of hydrogen-bond acceptors (Lipinski definition) is 6. The molecule has 0 saturated carbocycles. The molecular weight excluding hydrogens is 340 g/mol. The Bertz CT molecular complexity index is 997. The average molecular weight is 352 g/mol. The minimum atomic E-state index is -1.11. The number of nitrogens with zero attached hydrogens (tertiary/aromatic N) is 3. The van der Waals surface area contributed by atoms with Gasteiger partial charge in [-0.2, -0.15) is 5.26 Å². The smallest absolute Gasteiger partial charge is 0.342 e. The fourth-order valence-corrected chi connectivity index (χ4v) is 2.83. The van der Waals surface area contributed by atoms with E-state index in [2.05, 4.69) is 21.3 Å². The van der Waals surface area contributed by atoms with E-state index in [-0.39, 0.29) is 4.91 Å². The predicted octanol–water partition coefficient (Wildman–Crippen LogP) is 3.46. The highest BCUT2D eigenvalue weighted by Crippen LogP contribution is 2.29. The highest BCUT2D eigenvalue weighted by Gasteiger charge is 2.15. The topological polar surface area (TPSA) is 116 Å². The molecule has 3 rings (SSSR count). The van der Waals surface area contributed by atoms with Crippen LogP contribution in [0.1, 0.15) is 17.1 Å². The molecule has 8 heteroatoms. The quantitative estimate of drug-likeness (QED) is 0.533. The number of rotatable bonds is 5. The van der Waals surface area contributed by atoms with Crippen molar-refractivity contribution in [2.75, 3.05) is 0 Å². The van der Waals surface area contributed by atoms with Crippen LogP contribution in [0.5, 0.6) is 0 Å². The molecule has 0 spiro atoms. The first-order chi connectivity index (χ1) is 12.1. The molecule has 25 heavy (non-hydrogen) atoms. The summed E-state index contributed by atoms with van der Waals surface area (Å²) < 4.78 is 5.68. The second kappa shape index (κ2) is 7.07. The van der Waals surface area contributed by atoms with Crippen molar-refractivity contribution in [1.29, 1.82) is 5.26 Å². The van der Waals surface area contributed by atoms with Crippen molar-refractivity contribution in [3.63, 3.8) is 0 Å². The van der Waals surface area contributed by atoms with Crippen LogP contribution in [0, 0.1) is 18.3 Å². The Labute approximate surface area is 147 Å². The summed E-state index contributed by atoms with van der Waals surface area (Å²) in [7, 11) is 0. The van der Waals surface area contributed by atoms with Gasteiger partial charge in [0, 0.05) is 11.6 Å². The fraction of sp³-hybridized carbons (Fsp3) is 0.0588. The number of aromatic nitrogens is 3. The van der Waals surface area contributed by atoms with Crippen LogP contribution in [0.25, 0.3) is 17.4 Å². The van der Waals surface area contributed by atoms with Crippen molar-refractivity contribution in [3.05, 3.63) is 58.5 Å². The summed E-state index contributed by atoms with van der Waals surface area (Å²) in [4.78, 5) is 15.5. The van der Waals surface area contributed by atoms with Gasteiger partial charge in [0.25, 0.3) is 0 Å². The zero-order chi connectivity index (χ0) is 17.8. The molecule has 0 radical (unpaired) electrons. The Hall–Kier alpha value is -3.31. The normalized spacial score (nSPS) is 11.3. The minimum Gasteiger partial charge on any atom is -0.477 e. The third kappa shape index (κ3) is 3.79. The van der Waals surface area contributed by atoms with E-state index in [0.717, 1.165) is 11.8 Å². The summed E-state index contributed by atoms with van der Waals surface area (Å²) in [6.07, 6.45) is 1.40. The monoisotopic (exact) mass is 352 g/mol. The second-order valence-corrected chi connectivity index (χ2v) is 5.99. The summed E-state index contributed by atoms with van der Waals surface area (Å²) in [5.41, 5.74) is 1.13. The SMILES string of the molecule is Cc1nc(S/C(=C/c2ccc(-c3ccccc3C#N)o2)C(=O)O)n[nH]1. The van der Waals surface area contributed by atoms with Crippen LogP contribution in [0.3, 0.4) is 0 Å². The summed E-state index contributed by atoms with van der Waals surface area (Å²) in [5, 5.41) is 25.4. The standard InChI is InChI=1S/C17H12N4O3S/c1-10-19-17(21-20-10)25-15(16(22)23)8-12-6-7-14(24-12)13-5-3-2-4-11(13)9-18/h2-8H,1H3,(H,22,23)(H,19,20,21)/b15-8+. The number of H-pyrrole nitrogens is 1. The number of furan rings is 1. The molecule has 124 valence electrons. The number of carboxylic acids is 1. The molecule has 2 N–H and O–H groups in total. The van der Waals surface area contributed by atoms with Gasteiger partial charge in [-0.15, -0.1) is 5.10 Å². The lowest BCUT2D eigenvalue weighted by atomic mass is 10.1. The maximum absolute atomic E-state index is 11.5. The van der Waals surface area contributed by atoms with Gasteiger partial charge in [-0.25, -0.2) is 9.78 Å². The molecule has 1 aromatic carbocycles. The maximum Gasteiger partial charge on any atom is 0.342 e. The van der Waals surface area contributed by atoms with Crippen LogP contribution < -0.4 is 0 Å². The molecule has 0 fully saturated rings. The number of nitrogens with one attached hydrogen (secondary N) is 1. The van der Waals surface area contributed by atoms with Crippen molar-refractivity contribution in [2.24, 2.45) is 0 Å². The van der Waals surface area contributed by atoms with Crippen molar-refractivity contribution in [2.45, 2.75) is 12.1 Å². The molecule has 2 aromatic heterocycles. The number of carboxylic acid groups (broad SMARTS) is 1. The predicted molar refractivity (Wildman–Crippen MR) is 91.4 cm³/mol. The van der Waals surface area contributed by atoms with Crippen molar-refractivity contribution >= 4 is 23.8 Å². The Kier molecular flexibility index (Phi) is 4.68. The van der Waals surface area contributed by atoms with Crippen LogP contribution in [0.4, 0.5) is 0 Å². The van der Waals surface area contributed by atoms with E-state index in [0.29, 0.717) is 33.6 Å². The molecule has 2 heterocycles. The minimum absolute atomic E-state index is 0.0217. The van der Waals surface area contributed by atoms with Gasteiger partial charge in [-0.1, -0.05) is 12.1 Å². The Morgan fingerprint density at radius 2 is 2.16 bits per heavy atom. The third-order valence-corrected chi connectivity index (χ3v) is 4.08. The fourth-order valence-electron chi connectivity index (χ4n) is 2.10. The summed E-state index contributed by atoms with van der Waals surface area (Å²) >= 11 is 0.921. The van der Waals surface area contributed by atoms with E-state index in [1.807, 2.05) is 0 Å². The number of aryl methyl sites for hydroxylation is 1. The Morgan fingerprint density at radius 3 is 2.84 bits per heavy atom. The summed E-state index contributed by atoms with van der Waals surface area (Å²) in [6.45, 7) is 1.73. The van der Waals surface area contributed by atoms with Gasteiger partial charge >= 0.3 is 5.97 Å². The van der Waals surface area contributed by atoms with E-state index < -0.39 is 5.97 Å². The maximum atomic E-state index is 11.5. The molecule has 0 bridgehead atoms. The van der Waals surface area contributed by atoms with Gasteiger partial charge in [0.15, 0.2) is 0 Å². The number of aliphatic carboxylic acids is 1. The molecule has 0 aliphatic carbocycles. The number of benzene rings is 1. The molecule has 0 aliphatic rings. The van der Waals surface area contributed by atoms with E-state index in [4.69, 9.17) is 9.68 Å². The Morgan fingerprint density at radius 1 is 1.36 bits per heavy atom. The highest BCUT2D eigenvalue weighted by atomic mass is 32.2. The molecule has 0 amide bonds. The molecular formula is C17H12N4O3S. The number of carbonyl (C=O) groups is 1. The van der Waals surface area contributed by atoms with Gasteiger partial charge < -0.3 is 9.52 Å².